The summed E-state index contributed by atoms with van der Waals surface area (Å²) < 4.78 is 4.72. The first-order chi connectivity index (χ1) is 12.1. The number of carbonyl (C=O) groups excluding carboxylic acids is 2. The van der Waals surface area contributed by atoms with Gasteiger partial charge >= 0.3 is 5.97 Å². The van der Waals surface area contributed by atoms with Crippen molar-refractivity contribution in [2.45, 2.75) is 38.4 Å². The molecule has 6 heteroatoms. The van der Waals surface area contributed by atoms with E-state index in [2.05, 4.69) is 15.1 Å². The van der Waals surface area contributed by atoms with Crippen LogP contribution in [0.25, 0.3) is 0 Å². The van der Waals surface area contributed by atoms with Crippen LogP contribution in [0.4, 0.5) is 0 Å². The van der Waals surface area contributed by atoms with Crippen molar-refractivity contribution in [3.05, 3.63) is 35.4 Å². The van der Waals surface area contributed by atoms with Gasteiger partial charge in [0, 0.05) is 38.8 Å². The monoisotopic (exact) mass is 345 g/mol. The fourth-order valence-electron chi connectivity index (χ4n) is 3.15. The molecule has 0 aromatic heterocycles. The van der Waals surface area contributed by atoms with Crippen molar-refractivity contribution < 1.29 is 14.3 Å². The molecular weight excluding hydrogens is 318 g/mol. The molecule has 1 saturated carbocycles. The van der Waals surface area contributed by atoms with Crippen molar-refractivity contribution in [1.29, 1.82) is 0 Å². The van der Waals surface area contributed by atoms with E-state index in [0.29, 0.717) is 11.6 Å². The van der Waals surface area contributed by atoms with Crippen LogP contribution >= 0.6 is 0 Å². The molecule has 1 aromatic rings. The lowest BCUT2D eigenvalue weighted by atomic mass is 10.1. The molecule has 1 unspecified atom stereocenters. The Morgan fingerprint density at radius 3 is 2.36 bits per heavy atom. The Hall–Kier alpha value is -1.92. The Labute approximate surface area is 149 Å². The summed E-state index contributed by atoms with van der Waals surface area (Å²) in [5.41, 5.74) is 1.76. The maximum absolute atomic E-state index is 12.2. The van der Waals surface area contributed by atoms with E-state index >= 15 is 0 Å². The second kappa shape index (κ2) is 7.97. The number of methoxy groups -OCH3 is 1. The van der Waals surface area contributed by atoms with Gasteiger partial charge in [-0.1, -0.05) is 12.1 Å². The van der Waals surface area contributed by atoms with Crippen molar-refractivity contribution in [3.63, 3.8) is 0 Å². The summed E-state index contributed by atoms with van der Waals surface area (Å²) in [5, 5.41) is 3.09. The molecule has 2 fully saturated rings. The van der Waals surface area contributed by atoms with Gasteiger partial charge in [0.1, 0.15) is 0 Å². The number of rotatable bonds is 6. The topological polar surface area (TPSA) is 61.9 Å². The van der Waals surface area contributed by atoms with Crippen LogP contribution < -0.4 is 5.32 Å². The fourth-order valence-corrected chi connectivity index (χ4v) is 3.15. The maximum Gasteiger partial charge on any atom is 0.337 e. The molecule has 1 aliphatic carbocycles. The Kier molecular flexibility index (Phi) is 5.71. The number of piperazine rings is 1. The van der Waals surface area contributed by atoms with E-state index in [4.69, 9.17) is 4.74 Å². The Bertz CT molecular complexity index is 605. The van der Waals surface area contributed by atoms with E-state index in [0.717, 1.165) is 45.6 Å². The lowest BCUT2D eigenvalue weighted by Gasteiger charge is -2.37. The van der Waals surface area contributed by atoms with Gasteiger partial charge < -0.3 is 10.1 Å². The van der Waals surface area contributed by atoms with Gasteiger partial charge in [0.15, 0.2) is 0 Å². The molecule has 6 nitrogen and oxygen atoms in total. The van der Waals surface area contributed by atoms with Crippen LogP contribution in [0.15, 0.2) is 24.3 Å². The minimum atomic E-state index is -0.307. The SMILES string of the molecule is COC(=O)c1ccc(CN2CCN(C(C)C(=O)NC3CC3)CC2)cc1. The Morgan fingerprint density at radius 1 is 1.16 bits per heavy atom. The van der Waals surface area contributed by atoms with Gasteiger partial charge in [-0.05, 0) is 37.5 Å². The van der Waals surface area contributed by atoms with Gasteiger partial charge in [-0.25, -0.2) is 4.79 Å². The van der Waals surface area contributed by atoms with Crippen molar-refractivity contribution >= 4 is 11.9 Å². The smallest absolute Gasteiger partial charge is 0.337 e. The highest BCUT2D eigenvalue weighted by Gasteiger charge is 2.29. The number of benzene rings is 1. The molecule has 3 rings (SSSR count). The van der Waals surface area contributed by atoms with Crippen LogP contribution in [-0.2, 0) is 16.1 Å². The van der Waals surface area contributed by atoms with Crippen LogP contribution in [0.1, 0.15) is 35.7 Å². The first-order valence-corrected chi connectivity index (χ1v) is 9.01. The molecule has 1 heterocycles. The standard InChI is InChI=1S/C19H27N3O3/c1-14(18(23)20-17-7-8-17)22-11-9-21(10-12-22)13-15-3-5-16(6-4-15)19(24)25-2/h3-6,14,17H,7-13H2,1-2H3,(H,20,23). The molecule has 2 aliphatic rings. The quantitative estimate of drug-likeness (QED) is 0.787. The molecule has 136 valence electrons. The first kappa shape index (κ1) is 17.9. The molecular formula is C19H27N3O3. The molecule has 1 aliphatic heterocycles. The van der Waals surface area contributed by atoms with Gasteiger partial charge in [-0.15, -0.1) is 0 Å². The normalized spacial score (nSPS) is 20.1. The van der Waals surface area contributed by atoms with E-state index in [1.807, 2.05) is 31.2 Å². The average Bonchev–Trinajstić information content (AvgIpc) is 3.45. The lowest BCUT2D eigenvalue weighted by Crippen LogP contribution is -2.53. The van der Waals surface area contributed by atoms with E-state index in [1.165, 1.54) is 12.7 Å². The van der Waals surface area contributed by atoms with Gasteiger partial charge in [0.25, 0.3) is 0 Å². The second-order valence-electron chi connectivity index (χ2n) is 6.96. The maximum atomic E-state index is 12.2. The lowest BCUT2D eigenvalue weighted by molar-refractivity contribution is -0.126. The number of esters is 1. The van der Waals surface area contributed by atoms with E-state index in [9.17, 15) is 9.59 Å². The minimum Gasteiger partial charge on any atom is -0.465 e. The Balaban J connectivity index is 1.45. The molecule has 0 bridgehead atoms. The molecule has 0 radical (unpaired) electrons. The minimum absolute atomic E-state index is 0.0536. The average molecular weight is 345 g/mol. The van der Waals surface area contributed by atoms with Gasteiger partial charge in [-0.3, -0.25) is 14.6 Å². The third-order valence-electron chi connectivity index (χ3n) is 5.04. The van der Waals surface area contributed by atoms with Crippen molar-refractivity contribution in [1.82, 2.24) is 15.1 Å². The molecule has 1 atom stereocenters. The van der Waals surface area contributed by atoms with Crippen LogP contribution in [0, 0.1) is 0 Å². The third kappa shape index (κ3) is 4.80. The predicted molar refractivity (Wildman–Crippen MR) is 95.3 cm³/mol. The number of carbonyl (C=O) groups is 2. The summed E-state index contributed by atoms with van der Waals surface area (Å²) in [6.07, 6.45) is 2.25. The van der Waals surface area contributed by atoms with Gasteiger partial charge in [0.05, 0.1) is 18.7 Å². The van der Waals surface area contributed by atoms with Crippen LogP contribution in [0.3, 0.4) is 0 Å². The van der Waals surface area contributed by atoms with Gasteiger partial charge in [0.2, 0.25) is 5.91 Å². The molecule has 1 saturated heterocycles. The summed E-state index contributed by atoms with van der Waals surface area (Å²) in [7, 11) is 1.39. The Morgan fingerprint density at radius 2 is 1.80 bits per heavy atom. The van der Waals surface area contributed by atoms with E-state index in [1.54, 1.807) is 0 Å². The number of hydrogen-bond donors (Lipinski definition) is 1. The van der Waals surface area contributed by atoms with Crippen LogP contribution in [-0.4, -0.2) is 67.0 Å². The molecule has 1 N–H and O–H groups in total. The van der Waals surface area contributed by atoms with E-state index < -0.39 is 0 Å². The zero-order chi connectivity index (χ0) is 17.8. The van der Waals surface area contributed by atoms with Crippen LogP contribution in [0.5, 0.6) is 0 Å². The number of nitrogens with zero attached hydrogens (tertiary/aromatic N) is 2. The highest BCUT2D eigenvalue weighted by atomic mass is 16.5. The predicted octanol–water partition coefficient (Wildman–Crippen LogP) is 1.26. The third-order valence-corrected chi connectivity index (χ3v) is 5.04. The summed E-state index contributed by atoms with van der Waals surface area (Å²) >= 11 is 0. The summed E-state index contributed by atoms with van der Waals surface area (Å²) in [6.45, 7) is 6.55. The zero-order valence-corrected chi connectivity index (χ0v) is 15.0. The first-order valence-electron chi connectivity index (χ1n) is 9.01. The van der Waals surface area contributed by atoms with E-state index in [-0.39, 0.29) is 17.9 Å². The highest BCUT2D eigenvalue weighted by molar-refractivity contribution is 5.89. The zero-order valence-electron chi connectivity index (χ0n) is 15.0. The largest absolute Gasteiger partial charge is 0.465 e. The van der Waals surface area contributed by atoms with Crippen molar-refractivity contribution in [2.75, 3.05) is 33.3 Å². The number of ether oxygens (including phenoxy) is 1. The number of nitrogens with one attached hydrogen (secondary N) is 1. The molecule has 0 spiro atoms. The van der Waals surface area contributed by atoms with Crippen molar-refractivity contribution in [2.24, 2.45) is 0 Å². The van der Waals surface area contributed by atoms with Gasteiger partial charge in [-0.2, -0.15) is 0 Å². The highest BCUT2D eigenvalue weighted by Crippen LogP contribution is 2.19. The van der Waals surface area contributed by atoms with Crippen molar-refractivity contribution in [3.8, 4) is 0 Å². The summed E-state index contributed by atoms with van der Waals surface area (Å²) in [6, 6.07) is 7.93. The van der Waals surface area contributed by atoms with Crippen LogP contribution in [0.2, 0.25) is 0 Å². The number of hydrogen-bond acceptors (Lipinski definition) is 5. The molecule has 1 amide bonds. The molecule has 1 aromatic carbocycles. The number of amides is 1. The molecule has 25 heavy (non-hydrogen) atoms. The fraction of sp³-hybridized carbons (Fsp3) is 0.579. The summed E-state index contributed by atoms with van der Waals surface area (Å²) in [5.74, 6) is -0.145. The second-order valence-corrected chi connectivity index (χ2v) is 6.96. The summed E-state index contributed by atoms with van der Waals surface area (Å²) in [4.78, 5) is 28.3.